The first-order valence-electron chi connectivity index (χ1n) is 7.83. The number of ether oxygens (including phenoxy) is 1. The van der Waals surface area contributed by atoms with Gasteiger partial charge in [-0.25, -0.2) is 4.39 Å². The summed E-state index contributed by atoms with van der Waals surface area (Å²) >= 11 is 6.99. The topological polar surface area (TPSA) is 46.6 Å². The highest BCUT2D eigenvalue weighted by molar-refractivity contribution is 8.18. The first-order chi connectivity index (χ1) is 13.0. The molecule has 0 radical (unpaired) electrons. The number of imide groups is 1. The van der Waals surface area contributed by atoms with Crippen LogP contribution in [-0.4, -0.2) is 22.7 Å². The molecule has 2 amide bonds. The predicted octanol–water partition coefficient (Wildman–Crippen LogP) is 4.73. The molecular formula is C20H13ClFNO3S. The zero-order valence-corrected chi connectivity index (χ0v) is 15.5. The van der Waals surface area contributed by atoms with Gasteiger partial charge in [0, 0.05) is 0 Å². The minimum absolute atomic E-state index is 0.0852. The second kappa shape index (κ2) is 8.30. The van der Waals surface area contributed by atoms with E-state index in [1.54, 1.807) is 24.3 Å². The first kappa shape index (κ1) is 19.0. The summed E-state index contributed by atoms with van der Waals surface area (Å²) in [7, 11) is 0. The van der Waals surface area contributed by atoms with Gasteiger partial charge >= 0.3 is 0 Å². The van der Waals surface area contributed by atoms with Crippen molar-refractivity contribution in [1.29, 1.82) is 0 Å². The molecule has 0 atom stereocenters. The molecule has 0 saturated carbocycles. The number of halogens is 2. The lowest BCUT2D eigenvalue weighted by molar-refractivity contribution is -0.123. The molecule has 0 spiro atoms. The Balaban J connectivity index is 1.76. The summed E-state index contributed by atoms with van der Waals surface area (Å²) in [5, 5.41) is -0.0276. The molecule has 2 aromatic carbocycles. The van der Waals surface area contributed by atoms with E-state index in [2.05, 4.69) is 5.92 Å². The minimum Gasteiger partial charge on any atom is -0.479 e. The van der Waals surface area contributed by atoms with E-state index in [0.29, 0.717) is 21.9 Å². The van der Waals surface area contributed by atoms with E-state index in [1.165, 1.54) is 24.3 Å². The lowest BCUT2D eigenvalue weighted by atomic mass is 10.2. The average molecular weight is 402 g/mol. The van der Waals surface area contributed by atoms with Crippen LogP contribution in [0.2, 0.25) is 5.02 Å². The van der Waals surface area contributed by atoms with Gasteiger partial charge in [0.2, 0.25) is 0 Å². The van der Waals surface area contributed by atoms with Crippen molar-refractivity contribution < 1.29 is 18.7 Å². The molecule has 0 N–H and O–H groups in total. The van der Waals surface area contributed by atoms with E-state index >= 15 is 0 Å². The van der Waals surface area contributed by atoms with Crippen LogP contribution >= 0.6 is 23.4 Å². The molecule has 0 unspecified atom stereocenters. The Kier molecular flexibility index (Phi) is 5.84. The number of amides is 2. The highest BCUT2D eigenvalue weighted by Crippen LogP contribution is 2.34. The molecule has 0 aromatic heterocycles. The van der Waals surface area contributed by atoms with E-state index in [1.807, 2.05) is 0 Å². The zero-order chi connectivity index (χ0) is 19.4. The van der Waals surface area contributed by atoms with Crippen molar-refractivity contribution in [3.63, 3.8) is 0 Å². The lowest BCUT2D eigenvalue weighted by Crippen LogP contribution is -2.27. The molecule has 27 heavy (non-hydrogen) atoms. The fraction of sp³-hybridized carbons (Fsp3) is 0.100. The number of benzene rings is 2. The first-order valence-corrected chi connectivity index (χ1v) is 9.03. The van der Waals surface area contributed by atoms with Gasteiger partial charge in [0.25, 0.3) is 11.1 Å². The van der Waals surface area contributed by atoms with Crippen molar-refractivity contribution >= 4 is 40.6 Å². The van der Waals surface area contributed by atoms with Crippen LogP contribution in [0.1, 0.15) is 11.1 Å². The fourth-order valence-corrected chi connectivity index (χ4v) is 3.49. The molecular weight excluding hydrogens is 389 g/mol. The van der Waals surface area contributed by atoms with Crippen molar-refractivity contribution in [2.45, 2.75) is 6.54 Å². The Morgan fingerprint density at radius 1 is 1.22 bits per heavy atom. The second-order valence-electron chi connectivity index (χ2n) is 5.58. The van der Waals surface area contributed by atoms with Crippen LogP contribution in [0.15, 0.2) is 47.4 Å². The number of carbonyl (C=O) groups is 2. The van der Waals surface area contributed by atoms with Crippen LogP contribution < -0.4 is 4.74 Å². The monoisotopic (exact) mass is 401 g/mol. The number of carbonyl (C=O) groups excluding carboxylic acids is 2. The Morgan fingerprint density at radius 2 is 1.96 bits per heavy atom. The molecule has 4 nitrogen and oxygen atoms in total. The third kappa shape index (κ3) is 4.51. The third-order valence-corrected chi connectivity index (χ3v) is 4.89. The molecule has 1 saturated heterocycles. The highest BCUT2D eigenvalue weighted by atomic mass is 35.5. The maximum Gasteiger partial charge on any atom is 0.293 e. The fourth-order valence-electron chi connectivity index (χ4n) is 2.40. The maximum absolute atomic E-state index is 13.0. The van der Waals surface area contributed by atoms with Gasteiger partial charge in [0.1, 0.15) is 18.2 Å². The van der Waals surface area contributed by atoms with Crippen molar-refractivity contribution in [2.24, 2.45) is 0 Å². The predicted molar refractivity (Wildman–Crippen MR) is 104 cm³/mol. The number of rotatable bonds is 5. The van der Waals surface area contributed by atoms with Gasteiger partial charge < -0.3 is 4.74 Å². The highest BCUT2D eigenvalue weighted by Gasteiger charge is 2.35. The Labute approximate surface area is 165 Å². The van der Waals surface area contributed by atoms with E-state index in [0.717, 1.165) is 16.7 Å². The summed E-state index contributed by atoms with van der Waals surface area (Å²) < 4.78 is 18.3. The molecule has 136 valence electrons. The van der Waals surface area contributed by atoms with Crippen molar-refractivity contribution in [3.05, 3.63) is 69.3 Å². The van der Waals surface area contributed by atoms with Crippen LogP contribution in [0, 0.1) is 18.2 Å². The van der Waals surface area contributed by atoms with Crippen LogP contribution in [0.25, 0.3) is 6.08 Å². The summed E-state index contributed by atoms with van der Waals surface area (Å²) in [4.78, 5) is 26.1. The number of nitrogens with zero attached hydrogens (tertiary/aromatic N) is 1. The molecule has 1 aliphatic heterocycles. The molecule has 3 rings (SSSR count). The van der Waals surface area contributed by atoms with Gasteiger partial charge in [-0.1, -0.05) is 35.7 Å². The number of hydrogen-bond donors (Lipinski definition) is 0. The van der Waals surface area contributed by atoms with Gasteiger partial charge in [0.15, 0.2) is 0 Å². The SMILES string of the molecule is C#CCOc1ccc(/C=C2\SC(=O)N(Cc3ccc(F)cc3)C2=O)cc1Cl. The lowest BCUT2D eigenvalue weighted by Gasteiger charge is -2.12. The van der Waals surface area contributed by atoms with Gasteiger partial charge in [-0.05, 0) is 53.2 Å². The molecule has 0 aliphatic carbocycles. The molecule has 0 bridgehead atoms. The van der Waals surface area contributed by atoms with Crippen LogP contribution in [0.4, 0.5) is 9.18 Å². The Hall–Kier alpha value is -2.75. The summed E-state index contributed by atoms with van der Waals surface area (Å²) in [5.74, 6) is 2.01. The van der Waals surface area contributed by atoms with Crippen molar-refractivity contribution in [2.75, 3.05) is 6.61 Å². The van der Waals surface area contributed by atoms with Crippen LogP contribution in [0.3, 0.4) is 0 Å². The third-order valence-electron chi connectivity index (χ3n) is 3.69. The maximum atomic E-state index is 13.0. The van der Waals surface area contributed by atoms with Crippen molar-refractivity contribution in [3.8, 4) is 18.1 Å². The number of thioether (sulfide) groups is 1. The molecule has 7 heteroatoms. The molecule has 1 fully saturated rings. The molecule has 1 aliphatic rings. The average Bonchev–Trinajstić information content (AvgIpc) is 2.90. The van der Waals surface area contributed by atoms with E-state index in [4.69, 9.17) is 22.8 Å². The summed E-state index contributed by atoms with van der Waals surface area (Å²) in [6.45, 7) is 0.184. The Bertz CT molecular complexity index is 966. The van der Waals surface area contributed by atoms with E-state index in [9.17, 15) is 14.0 Å². The number of hydrogen-bond acceptors (Lipinski definition) is 4. The van der Waals surface area contributed by atoms with Gasteiger partial charge in [-0.3, -0.25) is 14.5 Å². The quantitative estimate of drug-likeness (QED) is 0.537. The van der Waals surface area contributed by atoms with E-state index < -0.39 is 5.91 Å². The van der Waals surface area contributed by atoms with Crippen molar-refractivity contribution in [1.82, 2.24) is 4.90 Å². The summed E-state index contributed by atoms with van der Waals surface area (Å²) in [5.41, 5.74) is 1.32. The zero-order valence-electron chi connectivity index (χ0n) is 13.9. The normalized spacial score (nSPS) is 15.3. The smallest absolute Gasteiger partial charge is 0.293 e. The van der Waals surface area contributed by atoms with Crippen LogP contribution in [-0.2, 0) is 11.3 Å². The van der Waals surface area contributed by atoms with Gasteiger partial charge in [0.05, 0.1) is 16.5 Å². The minimum atomic E-state index is -0.405. The summed E-state index contributed by atoms with van der Waals surface area (Å²) in [6, 6.07) is 10.6. The number of terminal acetylenes is 1. The standard InChI is InChI=1S/C20H13ClFNO3S/c1-2-9-26-17-8-5-14(10-16(17)21)11-18-19(24)23(20(25)27-18)12-13-3-6-15(22)7-4-13/h1,3-8,10-11H,9,12H2/b18-11-. The van der Waals surface area contributed by atoms with Gasteiger partial charge in [-0.2, -0.15) is 0 Å². The molecule has 2 aromatic rings. The summed E-state index contributed by atoms with van der Waals surface area (Å²) in [6.07, 6.45) is 6.74. The molecule has 1 heterocycles. The Morgan fingerprint density at radius 3 is 2.63 bits per heavy atom. The van der Waals surface area contributed by atoms with Crippen LogP contribution in [0.5, 0.6) is 5.75 Å². The van der Waals surface area contributed by atoms with E-state index in [-0.39, 0.29) is 29.1 Å². The van der Waals surface area contributed by atoms with Gasteiger partial charge in [-0.15, -0.1) is 6.42 Å². The second-order valence-corrected chi connectivity index (χ2v) is 6.98. The largest absolute Gasteiger partial charge is 0.479 e.